The van der Waals surface area contributed by atoms with Crippen molar-refractivity contribution in [3.63, 3.8) is 0 Å². The molecule has 6 heteroatoms. The van der Waals surface area contributed by atoms with Gasteiger partial charge in [-0.25, -0.2) is 4.98 Å². The molecule has 0 spiro atoms. The number of imidazole rings is 1. The van der Waals surface area contributed by atoms with Crippen molar-refractivity contribution in [1.82, 2.24) is 25.1 Å². The Labute approximate surface area is 93.7 Å². The van der Waals surface area contributed by atoms with Gasteiger partial charge in [-0.3, -0.25) is 0 Å². The number of aromatic nitrogens is 4. The fraction of sp³-hybridized carbons (Fsp3) is 0.500. The third kappa shape index (κ3) is 2.46. The van der Waals surface area contributed by atoms with Crippen LogP contribution in [0.3, 0.4) is 0 Å². The van der Waals surface area contributed by atoms with Gasteiger partial charge in [-0.15, -0.1) is 10.2 Å². The van der Waals surface area contributed by atoms with Crippen molar-refractivity contribution < 1.29 is 4.42 Å². The normalized spacial score (nSPS) is 10.9. The minimum absolute atomic E-state index is 0.571. The molecule has 2 heterocycles. The quantitative estimate of drug-likeness (QED) is 0.806. The van der Waals surface area contributed by atoms with Gasteiger partial charge in [0.1, 0.15) is 12.4 Å². The summed E-state index contributed by atoms with van der Waals surface area (Å²) in [4.78, 5) is 4.27. The van der Waals surface area contributed by atoms with Gasteiger partial charge in [-0.1, -0.05) is 6.92 Å². The van der Waals surface area contributed by atoms with Crippen LogP contribution in [0.4, 0.5) is 0 Å². The van der Waals surface area contributed by atoms with Crippen LogP contribution in [0.5, 0.6) is 0 Å². The maximum Gasteiger partial charge on any atom is 0.236 e. The Morgan fingerprint density at radius 3 is 3.00 bits per heavy atom. The smallest absolute Gasteiger partial charge is 0.236 e. The van der Waals surface area contributed by atoms with Crippen molar-refractivity contribution in [3.05, 3.63) is 30.0 Å². The zero-order valence-corrected chi connectivity index (χ0v) is 9.47. The van der Waals surface area contributed by atoms with Crippen molar-refractivity contribution >= 4 is 0 Å². The van der Waals surface area contributed by atoms with Crippen molar-refractivity contribution in [2.24, 2.45) is 0 Å². The lowest BCUT2D eigenvalue weighted by atomic mass is 10.5. The molecule has 16 heavy (non-hydrogen) atoms. The maximum atomic E-state index is 5.33. The third-order valence-electron chi connectivity index (χ3n) is 2.21. The highest BCUT2D eigenvalue weighted by Gasteiger charge is 2.07. The number of aryl methyl sites for hydroxylation is 1. The Kier molecular flexibility index (Phi) is 3.31. The van der Waals surface area contributed by atoms with Crippen LogP contribution < -0.4 is 5.32 Å². The predicted molar refractivity (Wildman–Crippen MR) is 57.7 cm³/mol. The van der Waals surface area contributed by atoms with Gasteiger partial charge < -0.3 is 14.3 Å². The fourth-order valence-electron chi connectivity index (χ4n) is 1.44. The summed E-state index contributed by atoms with van der Waals surface area (Å²) >= 11 is 0. The van der Waals surface area contributed by atoms with Crippen LogP contribution in [0.1, 0.15) is 24.5 Å². The SMILES string of the molecule is CCNCc1nccn1Cc1nnc(C)o1. The first-order valence-corrected chi connectivity index (χ1v) is 5.29. The Bertz CT molecular complexity index is 448. The first-order chi connectivity index (χ1) is 7.79. The lowest BCUT2D eigenvalue weighted by Crippen LogP contribution is -2.16. The molecule has 0 aromatic carbocycles. The van der Waals surface area contributed by atoms with Gasteiger partial charge in [-0.2, -0.15) is 0 Å². The van der Waals surface area contributed by atoms with Crippen LogP contribution in [0.2, 0.25) is 0 Å². The van der Waals surface area contributed by atoms with E-state index in [1.807, 2.05) is 10.8 Å². The van der Waals surface area contributed by atoms with E-state index in [1.54, 1.807) is 13.1 Å². The molecule has 6 nitrogen and oxygen atoms in total. The van der Waals surface area contributed by atoms with E-state index in [9.17, 15) is 0 Å². The molecule has 86 valence electrons. The minimum Gasteiger partial charge on any atom is -0.424 e. The van der Waals surface area contributed by atoms with Gasteiger partial charge in [0.05, 0.1) is 6.54 Å². The van der Waals surface area contributed by atoms with Gasteiger partial charge in [0, 0.05) is 19.3 Å². The average Bonchev–Trinajstić information content (AvgIpc) is 2.86. The Morgan fingerprint density at radius 2 is 2.31 bits per heavy atom. The van der Waals surface area contributed by atoms with Crippen LogP contribution in [-0.4, -0.2) is 26.3 Å². The summed E-state index contributed by atoms with van der Waals surface area (Å²) < 4.78 is 7.32. The molecule has 0 fully saturated rings. The summed E-state index contributed by atoms with van der Waals surface area (Å²) in [5.74, 6) is 2.16. The fourth-order valence-corrected chi connectivity index (χ4v) is 1.44. The largest absolute Gasteiger partial charge is 0.424 e. The second kappa shape index (κ2) is 4.89. The van der Waals surface area contributed by atoms with E-state index in [-0.39, 0.29) is 0 Å². The van der Waals surface area contributed by atoms with Crippen LogP contribution in [-0.2, 0) is 13.1 Å². The standard InChI is InChI=1S/C10H15N5O/c1-3-11-6-9-12-4-5-15(9)7-10-14-13-8(2)16-10/h4-5,11H,3,6-7H2,1-2H3. The molecule has 0 saturated heterocycles. The number of nitrogens with one attached hydrogen (secondary N) is 1. The van der Waals surface area contributed by atoms with Crippen LogP contribution in [0.15, 0.2) is 16.8 Å². The van der Waals surface area contributed by atoms with E-state index < -0.39 is 0 Å². The topological polar surface area (TPSA) is 68.8 Å². The van der Waals surface area contributed by atoms with E-state index in [4.69, 9.17) is 4.42 Å². The van der Waals surface area contributed by atoms with Crippen molar-refractivity contribution in [2.45, 2.75) is 26.9 Å². The molecule has 1 N–H and O–H groups in total. The van der Waals surface area contributed by atoms with E-state index >= 15 is 0 Å². The minimum atomic E-state index is 0.571. The Morgan fingerprint density at radius 1 is 1.44 bits per heavy atom. The lowest BCUT2D eigenvalue weighted by molar-refractivity contribution is 0.449. The molecule has 0 saturated carbocycles. The van der Waals surface area contributed by atoms with Gasteiger partial charge in [0.15, 0.2) is 0 Å². The second-order valence-electron chi connectivity index (χ2n) is 3.47. The highest BCUT2D eigenvalue weighted by molar-refractivity contribution is 4.95. The molecule has 0 amide bonds. The molecule has 0 aliphatic rings. The van der Waals surface area contributed by atoms with E-state index in [0.29, 0.717) is 18.3 Å². The highest BCUT2D eigenvalue weighted by atomic mass is 16.4. The molecule has 0 bridgehead atoms. The molecule has 2 aromatic heterocycles. The molecule has 0 aliphatic heterocycles. The second-order valence-corrected chi connectivity index (χ2v) is 3.47. The van der Waals surface area contributed by atoms with Crippen LogP contribution in [0, 0.1) is 6.92 Å². The number of nitrogens with zero attached hydrogens (tertiary/aromatic N) is 4. The molecule has 0 atom stereocenters. The van der Waals surface area contributed by atoms with Crippen molar-refractivity contribution in [1.29, 1.82) is 0 Å². The third-order valence-corrected chi connectivity index (χ3v) is 2.21. The molecule has 2 rings (SSSR count). The van der Waals surface area contributed by atoms with Gasteiger partial charge in [0.2, 0.25) is 11.8 Å². The number of hydrogen-bond donors (Lipinski definition) is 1. The van der Waals surface area contributed by atoms with E-state index in [2.05, 4.69) is 27.4 Å². The summed E-state index contributed by atoms with van der Waals surface area (Å²) in [6.07, 6.45) is 3.68. The monoisotopic (exact) mass is 221 g/mol. The van der Waals surface area contributed by atoms with Crippen LogP contribution in [0.25, 0.3) is 0 Å². The van der Waals surface area contributed by atoms with Gasteiger partial charge >= 0.3 is 0 Å². The molecular formula is C10H15N5O. The molecule has 2 aromatic rings. The van der Waals surface area contributed by atoms with Crippen molar-refractivity contribution in [3.8, 4) is 0 Å². The highest BCUT2D eigenvalue weighted by Crippen LogP contribution is 2.04. The maximum absolute atomic E-state index is 5.33. The molecule has 0 unspecified atom stereocenters. The molecule has 0 radical (unpaired) electrons. The summed E-state index contributed by atoms with van der Waals surface area (Å²) in [7, 11) is 0. The van der Waals surface area contributed by atoms with Gasteiger partial charge in [0.25, 0.3) is 0 Å². The van der Waals surface area contributed by atoms with Crippen molar-refractivity contribution in [2.75, 3.05) is 6.54 Å². The molecule has 0 aliphatic carbocycles. The Hall–Kier alpha value is -1.69. The van der Waals surface area contributed by atoms with E-state index in [0.717, 1.165) is 18.9 Å². The average molecular weight is 221 g/mol. The van der Waals surface area contributed by atoms with Gasteiger partial charge in [-0.05, 0) is 6.54 Å². The van der Waals surface area contributed by atoms with E-state index in [1.165, 1.54) is 0 Å². The molecular weight excluding hydrogens is 206 g/mol. The predicted octanol–water partition coefficient (Wildman–Crippen LogP) is 0.732. The first kappa shape index (κ1) is 10.8. The summed E-state index contributed by atoms with van der Waals surface area (Å²) in [5, 5.41) is 11.0. The zero-order valence-electron chi connectivity index (χ0n) is 9.47. The summed E-state index contributed by atoms with van der Waals surface area (Å²) in [5.41, 5.74) is 0. The zero-order chi connectivity index (χ0) is 11.4. The Balaban J connectivity index is 2.06. The first-order valence-electron chi connectivity index (χ1n) is 5.29. The lowest BCUT2D eigenvalue weighted by Gasteiger charge is -2.04. The summed E-state index contributed by atoms with van der Waals surface area (Å²) in [6.45, 7) is 6.09. The number of hydrogen-bond acceptors (Lipinski definition) is 5. The summed E-state index contributed by atoms with van der Waals surface area (Å²) in [6, 6.07) is 0. The number of rotatable bonds is 5. The van der Waals surface area contributed by atoms with Crippen LogP contribution >= 0.6 is 0 Å².